The Kier molecular flexibility index (Phi) is 4.79. The van der Waals surface area contributed by atoms with Crippen molar-refractivity contribution in [2.75, 3.05) is 18.2 Å². The highest BCUT2D eigenvalue weighted by Gasteiger charge is 2.50. The van der Waals surface area contributed by atoms with E-state index in [-0.39, 0.29) is 17.1 Å². The smallest absolute Gasteiger partial charge is 0.363 e. The van der Waals surface area contributed by atoms with Crippen LogP contribution in [-0.2, 0) is 19.7 Å². The molecular formula is C18H15N4O7S-. The fourth-order valence-electron chi connectivity index (χ4n) is 3.35. The van der Waals surface area contributed by atoms with Crippen LogP contribution in [0.4, 0.5) is 15.3 Å². The summed E-state index contributed by atoms with van der Waals surface area (Å²) in [6.45, 7) is -0.894. The first-order chi connectivity index (χ1) is 14.3. The van der Waals surface area contributed by atoms with Gasteiger partial charge in [-0.15, -0.1) is 0 Å². The second kappa shape index (κ2) is 7.31. The minimum absolute atomic E-state index is 0.0400. The summed E-state index contributed by atoms with van der Waals surface area (Å²) in [5.41, 5.74) is 0.757. The Morgan fingerprint density at radius 1 is 1.10 bits per heavy atom. The number of fused-ring (bicyclic) bond motifs is 4. The molecule has 1 N–H and O–H groups in total. The molecule has 0 aliphatic carbocycles. The number of carbonyl (C=O) groups is 3. The normalized spacial score (nSPS) is 17.7. The standard InChI is InChI=1S/C18H16N4O7S/c23-16(24)11-29-22-15-10-20(18(22)26)21(14-9-5-4-8-13(14)15)17(25)19-30(27,28)12-6-2-1-3-7-12/h1-9,15H,10-11H2,(H,19,25)(H,23,24)/p-1. The van der Waals surface area contributed by atoms with Crippen LogP contribution in [0.2, 0.25) is 0 Å². The lowest BCUT2D eigenvalue weighted by Crippen LogP contribution is -2.54. The van der Waals surface area contributed by atoms with Gasteiger partial charge in [0, 0.05) is 5.56 Å². The number of para-hydroxylation sites is 1. The zero-order chi connectivity index (χ0) is 21.5. The van der Waals surface area contributed by atoms with Gasteiger partial charge in [-0.25, -0.2) is 27.7 Å². The molecule has 4 amide bonds. The van der Waals surface area contributed by atoms with Crippen molar-refractivity contribution in [2.45, 2.75) is 10.9 Å². The summed E-state index contributed by atoms with van der Waals surface area (Å²) < 4.78 is 27.1. The summed E-state index contributed by atoms with van der Waals surface area (Å²) in [5.74, 6) is -1.52. The summed E-state index contributed by atoms with van der Waals surface area (Å²) in [7, 11) is -4.19. The SMILES string of the molecule is O=C([O-])CON1C(=O)N2CC1c1ccccc1N2C(=O)NS(=O)(=O)c1ccccc1. The van der Waals surface area contributed by atoms with Gasteiger partial charge in [-0.3, -0.25) is 4.84 Å². The lowest BCUT2D eigenvalue weighted by atomic mass is 10.0. The number of amides is 4. The van der Waals surface area contributed by atoms with Gasteiger partial charge in [0.15, 0.2) is 0 Å². The molecule has 1 atom stereocenters. The maximum atomic E-state index is 12.9. The molecule has 1 fully saturated rings. The van der Waals surface area contributed by atoms with E-state index in [0.29, 0.717) is 5.56 Å². The van der Waals surface area contributed by atoms with Crippen molar-refractivity contribution < 1.29 is 32.7 Å². The minimum Gasteiger partial charge on any atom is -0.548 e. The van der Waals surface area contributed by atoms with E-state index in [9.17, 15) is 27.9 Å². The monoisotopic (exact) mass is 431 g/mol. The highest BCUT2D eigenvalue weighted by molar-refractivity contribution is 7.90. The van der Waals surface area contributed by atoms with E-state index in [0.717, 1.165) is 15.1 Å². The zero-order valence-corrected chi connectivity index (χ0v) is 16.1. The molecule has 2 aliphatic rings. The predicted molar refractivity (Wildman–Crippen MR) is 98.7 cm³/mol. The third-order valence-corrected chi connectivity index (χ3v) is 5.93. The Hall–Kier alpha value is -3.64. The molecule has 0 spiro atoms. The molecule has 1 saturated heterocycles. The Bertz CT molecular complexity index is 1120. The first-order valence-electron chi connectivity index (χ1n) is 8.74. The van der Waals surface area contributed by atoms with Gasteiger partial charge in [0.25, 0.3) is 10.0 Å². The molecule has 4 rings (SSSR count). The van der Waals surface area contributed by atoms with Crippen LogP contribution in [0.25, 0.3) is 0 Å². The Morgan fingerprint density at radius 3 is 2.47 bits per heavy atom. The molecule has 0 radical (unpaired) electrons. The average Bonchev–Trinajstić information content (AvgIpc) is 2.99. The van der Waals surface area contributed by atoms with Gasteiger partial charge in [0.05, 0.1) is 23.1 Å². The fourth-order valence-corrected chi connectivity index (χ4v) is 4.30. The maximum absolute atomic E-state index is 12.9. The number of hydroxylamine groups is 2. The van der Waals surface area contributed by atoms with E-state index in [1.54, 1.807) is 30.3 Å². The Labute approximate surface area is 171 Å². The second-order valence-electron chi connectivity index (χ2n) is 6.45. The van der Waals surface area contributed by atoms with Gasteiger partial charge in [-0.05, 0) is 18.2 Å². The third kappa shape index (κ3) is 3.31. The first-order valence-corrected chi connectivity index (χ1v) is 10.2. The van der Waals surface area contributed by atoms with E-state index in [4.69, 9.17) is 4.84 Å². The summed E-state index contributed by atoms with van der Waals surface area (Å²) >= 11 is 0. The fraction of sp³-hybridized carbons (Fsp3) is 0.167. The number of carboxylic acid groups (broad SMARTS) is 1. The lowest BCUT2D eigenvalue weighted by molar-refractivity contribution is -0.316. The molecule has 1 unspecified atom stereocenters. The molecule has 156 valence electrons. The van der Waals surface area contributed by atoms with Crippen molar-refractivity contribution in [2.24, 2.45) is 0 Å². The van der Waals surface area contributed by atoms with Crippen molar-refractivity contribution >= 4 is 33.7 Å². The number of hydrogen-bond acceptors (Lipinski definition) is 7. The number of nitrogens with one attached hydrogen (secondary N) is 1. The highest BCUT2D eigenvalue weighted by Crippen LogP contribution is 2.42. The van der Waals surface area contributed by atoms with Crippen LogP contribution in [0.1, 0.15) is 11.6 Å². The van der Waals surface area contributed by atoms with Gasteiger partial charge >= 0.3 is 12.1 Å². The van der Waals surface area contributed by atoms with Gasteiger partial charge in [0.1, 0.15) is 12.6 Å². The van der Waals surface area contributed by atoms with Crippen molar-refractivity contribution in [1.29, 1.82) is 0 Å². The second-order valence-corrected chi connectivity index (χ2v) is 8.13. The lowest BCUT2D eigenvalue weighted by Gasteiger charge is -2.34. The summed E-state index contributed by atoms with van der Waals surface area (Å²) in [6.07, 6.45) is 0. The van der Waals surface area contributed by atoms with Crippen LogP contribution < -0.4 is 14.8 Å². The number of hydrogen-bond donors (Lipinski definition) is 1. The molecule has 12 heteroatoms. The van der Waals surface area contributed by atoms with E-state index in [1.807, 2.05) is 4.72 Å². The topological polar surface area (TPSA) is 139 Å². The average molecular weight is 431 g/mol. The molecule has 30 heavy (non-hydrogen) atoms. The van der Waals surface area contributed by atoms with Crippen LogP contribution >= 0.6 is 0 Å². The molecule has 2 bridgehead atoms. The van der Waals surface area contributed by atoms with Crippen molar-refractivity contribution in [1.82, 2.24) is 14.8 Å². The number of anilines is 1. The first kappa shape index (κ1) is 19.7. The van der Waals surface area contributed by atoms with Crippen LogP contribution in [0, 0.1) is 0 Å². The van der Waals surface area contributed by atoms with E-state index in [1.165, 1.54) is 24.3 Å². The molecule has 11 nitrogen and oxygen atoms in total. The largest absolute Gasteiger partial charge is 0.548 e. The van der Waals surface area contributed by atoms with Crippen molar-refractivity contribution in [3.05, 3.63) is 60.2 Å². The molecular weight excluding hydrogens is 416 g/mol. The Morgan fingerprint density at radius 2 is 1.77 bits per heavy atom. The molecule has 2 aliphatic heterocycles. The number of benzene rings is 2. The number of carboxylic acids is 1. The number of carbonyl (C=O) groups excluding carboxylic acids is 3. The number of sulfonamides is 1. The number of nitrogens with zero attached hydrogens (tertiary/aromatic N) is 3. The summed E-state index contributed by atoms with van der Waals surface area (Å²) in [5, 5.41) is 13.5. The van der Waals surface area contributed by atoms with Crippen LogP contribution in [-0.4, -0.2) is 49.7 Å². The van der Waals surface area contributed by atoms with Crippen molar-refractivity contribution in [3.63, 3.8) is 0 Å². The van der Waals surface area contributed by atoms with Crippen LogP contribution in [0.5, 0.6) is 0 Å². The number of aliphatic carboxylic acids is 1. The van der Waals surface area contributed by atoms with E-state index < -0.39 is 40.7 Å². The van der Waals surface area contributed by atoms with Gasteiger partial charge in [0.2, 0.25) is 0 Å². The van der Waals surface area contributed by atoms with E-state index in [2.05, 4.69) is 0 Å². The van der Waals surface area contributed by atoms with Gasteiger partial charge < -0.3 is 9.90 Å². The number of urea groups is 2. The molecule has 0 aromatic heterocycles. The number of rotatable bonds is 5. The Balaban J connectivity index is 1.67. The van der Waals surface area contributed by atoms with E-state index >= 15 is 0 Å². The molecule has 2 aromatic carbocycles. The number of hydrazine groups is 1. The van der Waals surface area contributed by atoms with Gasteiger partial charge in [-0.2, -0.15) is 10.1 Å². The minimum atomic E-state index is -4.19. The molecule has 2 heterocycles. The van der Waals surface area contributed by atoms with Crippen molar-refractivity contribution in [3.8, 4) is 0 Å². The zero-order valence-electron chi connectivity index (χ0n) is 15.3. The van der Waals surface area contributed by atoms with Crippen LogP contribution in [0.15, 0.2) is 59.5 Å². The molecule has 0 saturated carbocycles. The quantitative estimate of drug-likeness (QED) is 0.702. The van der Waals surface area contributed by atoms with Gasteiger partial charge in [-0.1, -0.05) is 36.4 Å². The maximum Gasteiger partial charge on any atom is 0.363 e. The van der Waals surface area contributed by atoms with Crippen LogP contribution in [0.3, 0.4) is 0 Å². The third-order valence-electron chi connectivity index (χ3n) is 4.59. The summed E-state index contributed by atoms with van der Waals surface area (Å²) in [4.78, 5) is 41.4. The highest BCUT2D eigenvalue weighted by atomic mass is 32.2. The summed E-state index contributed by atoms with van der Waals surface area (Å²) in [6, 6.07) is 11.2. The predicted octanol–water partition coefficient (Wildman–Crippen LogP) is -0.0197. The molecule has 2 aromatic rings.